The van der Waals surface area contributed by atoms with Gasteiger partial charge >= 0.3 is 0 Å². The molecule has 1 saturated heterocycles. The van der Waals surface area contributed by atoms with Crippen LogP contribution in [0.3, 0.4) is 0 Å². The highest BCUT2D eigenvalue weighted by Gasteiger charge is 2.43. The Morgan fingerprint density at radius 3 is 2.93 bits per heavy atom. The van der Waals surface area contributed by atoms with Crippen molar-refractivity contribution in [2.45, 2.75) is 5.54 Å². The minimum Gasteiger partial charge on any atom is -0.489 e. The highest BCUT2D eigenvalue weighted by atomic mass is 32.1. The van der Waals surface area contributed by atoms with E-state index >= 15 is 0 Å². The smallest absolute Gasteiger partial charge is 0.210 e. The second kappa shape index (κ2) is 7.85. The minimum absolute atomic E-state index is 0.308. The maximum absolute atomic E-state index is 11.8. The Balaban J connectivity index is 1.67. The number of thiazole rings is 1. The molecule has 7 heteroatoms. The van der Waals surface area contributed by atoms with Gasteiger partial charge in [0.25, 0.3) is 0 Å². The van der Waals surface area contributed by atoms with E-state index in [2.05, 4.69) is 10.3 Å². The van der Waals surface area contributed by atoms with E-state index in [9.17, 15) is 4.79 Å². The zero-order valence-electron chi connectivity index (χ0n) is 14.7. The maximum Gasteiger partial charge on any atom is 0.210 e. The fourth-order valence-electron chi connectivity index (χ4n) is 3.25. The number of rotatable bonds is 6. The Morgan fingerprint density at radius 1 is 1.26 bits per heavy atom. The number of benzene rings is 1. The lowest BCUT2D eigenvalue weighted by atomic mass is 9.92. The molecule has 1 unspecified atom stereocenters. The van der Waals surface area contributed by atoms with Crippen LogP contribution in [-0.2, 0) is 10.3 Å². The molecular formula is C20H20N4O2S. The molecule has 0 bridgehead atoms. The molecule has 1 aliphatic heterocycles. The fourth-order valence-corrected chi connectivity index (χ4v) is 4.16. The molecule has 1 fully saturated rings. The predicted octanol–water partition coefficient (Wildman–Crippen LogP) is 2.54. The number of ether oxygens (including phenoxy) is 1. The Labute approximate surface area is 161 Å². The van der Waals surface area contributed by atoms with Crippen molar-refractivity contribution < 1.29 is 9.53 Å². The van der Waals surface area contributed by atoms with E-state index in [-0.39, 0.29) is 0 Å². The normalized spacial score (nSPS) is 19.6. The molecule has 1 atom stereocenters. The van der Waals surface area contributed by atoms with Crippen LogP contribution in [0.2, 0.25) is 0 Å². The van der Waals surface area contributed by atoms with Gasteiger partial charge in [-0.2, -0.15) is 0 Å². The number of hydrogen-bond acceptors (Lipinski definition) is 6. The quantitative estimate of drug-likeness (QED) is 0.666. The van der Waals surface area contributed by atoms with Crippen LogP contribution in [-0.4, -0.2) is 47.5 Å². The summed E-state index contributed by atoms with van der Waals surface area (Å²) < 4.78 is 6.01. The van der Waals surface area contributed by atoms with Crippen LogP contribution in [0, 0.1) is 0 Å². The summed E-state index contributed by atoms with van der Waals surface area (Å²) in [6.45, 7) is 2.26. The van der Waals surface area contributed by atoms with Crippen LogP contribution in [0.4, 0.5) is 0 Å². The van der Waals surface area contributed by atoms with Gasteiger partial charge in [-0.25, -0.2) is 4.98 Å². The molecule has 1 aliphatic rings. The number of hydrogen-bond donors (Lipinski definition) is 1. The van der Waals surface area contributed by atoms with Gasteiger partial charge in [-0.15, -0.1) is 11.3 Å². The first-order chi connectivity index (χ1) is 13.3. The zero-order valence-corrected chi connectivity index (χ0v) is 15.6. The number of piperazine rings is 1. The predicted molar refractivity (Wildman–Crippen MR) is 105 cm³/mol. The number of nitrogens with zero attached hydrogens (tertiary/aromatic N) is 3. The summed E-state index contributed by atoms with van der Waals surface area (Å²) in [5, 5.41) is 6.35. The third-order valence-electron chi connectivity index (χ3n) is 4.74. The van der Waals surface area contributed by atoms with E-state index in [1.807, 2.05) is 47.8 Å². The summed E-state index contributed by atoms with van der Waals surface area (Å²) in [6.07, 6.45) is 4.27. The highest BCUT2D eigenvalue weighted by Crippen LogP contribution is 2.34. The zero-order chi connectivity index (χ0) is 18.5. The van der Waals surface area contributed by atoms with Gasteiger partial charge in [0.2, 0.25) is 6.41 Å². The topological polar surface area (TPSA) is 67.4 Å². The molecule has 6 nitrogen and oxygen atoms in total. The first-order valence-corrected chi connectivity index (χ1v) is 9.67. The number of carbonyl (C=O) groups is 1. The van der Waals surface area contributed by atoms with Gasteiger partial charge in [-0.3, -0.25) is 9.78 Å². The molecule has 0 saturated carbocycles. The molecule has 4 rings (SSSR count). The third-order valence-corrected chi connectivity index (χ3v) is 5.63. The molecule has 0 aliphatic carbocycles. The maximum atomic E-state index is 11.8. The van der Waals surface area contributed by atoms with Crippen molar-refractivity contribution in [3.05, 3.63) is 65.9 Å². The summed E-state index contributed by atoms with van der Waals surface area (Å²) in [5.74, 6) is 0.673. The summed E-state index contributed by atoms with van der Waals surface area (Å²) in [6, 6.07) is 13.7. The SMILES string of the molecule is O=CN1CCNCC1(COc1cccnc1)c1csc(-c2ccccc2)n1. The van der Waals surface area contributed by atoms with Crippen molar-refractivity contribution in [1.29, 1.82) is 0 Å². The van der Waals surface area contributed by atoms with Crippen molar-refractivity contribution in [2.24, 2.45) is 0 Å². The van der Waals surface area contributed by atoms with Crippen molar-refractivity contribution in [3.63, 3.8) is 0 Å². The lowest BCUT2D eigenvalue weighted by molar-refractivity contribution is -0.127. The molecule has 3 heterocycles. The average Bonchev–Trinajstić information content (AvgIpc) is 3.25. The molecular weight excluding hydrogens is 360 g/mol. The van der Waals surface area contributed by atoms with Crippen molar-refractivity contribution in [1.82, 2.24) is 20.2 Å². The lowest BCUT2D eigenvalue weighted by Crippen LogP contribution is -2.61. The van der Waals surface area contributed by atoms with E-state index in [4.69, 9.17) is 9.72 Å². The van der Waals surface area contributed by atoms with Gasteiger partial charge < -0.3 is 15.0 Å². The molecule has 2 aromatic heterocycles. The number of pyridine rings is 1. The van der Waals surface area contributed by atoms with Crippen LogP contribution in [0.5, 0.6) is 5.75 Å². The monoisotopic (exact) mass is 380 g/mol. The first kappa shape index (κ1) is 17.6. The Kier molecular flexibility index (Phi) is 5.13. The van der Waals surface area contributed by atoms with Gasteiger partial charge in [-0.05, 0) is 12.1 Å². The van der Waals surface area contributed by atoms with Gasteiger partial charge in [0.15, 0.2) is 0 Å². The van der Waals surface area contributed by atoms with Gasteiger partial charge in [0.05, 0.1) is 11.9 Å². The van der Waals surface area contributed by atoms with E-state index in [0.717, 1.165) is 29.2 Å². The van der Waals surface area contributed by atoms with E-state index in [0.29, 0.717) is 25.4 Å². The number of carbonyl (C=O) groups excluding carboxylic acids is 1. The molecule has 1 amide bonds. The van der Waals surface area contributed by atoms with Gasteiger partial charge in [0.1, 0.15) is 22.9 Å². The number of aromatic nitrogens is 2. The second-order valence-electron chi connectivity index (χ2n) is 6.39. The molecule has 138 valence electrons. The third kappa shape index (κ3) is 3.56. The average molecular weight is 380 g/mol. The lowest BCUT2D eigenvalue weighted by Gasteiger charge is -2.44. The van der Waals surface area contributed by atoms with E-state index in [1.54, 1.807) is 28.6 Å². The summed E-state index contributed by atoms with van der Waals surface area (Å²) in [4.78, 5) is 22.6. The second-order valence-corrected chi connectivity index (χ2v) is 7.25. The highest BCUT2D eigenvalue weighted by molar-refractivity contribution is 7.13. The standard InChI is InChI=1S/C20H20N4O2S/c25-15-24-10-9-22-13-20(24,14-26-17-7-4-8-21-11-17)18-12-27-19(23-18)16-5-2-1-3-6-16/h1-8,11-12,15,22H,9-10,13-14H2. The van der Waals surface area contributed by atoms with Crippen LogP contribution >= 0.6 is 11.3 Å². The molecule has 3 aromatic rings. The van der Waals surface area contributed by atoms with Crippen LogP contribution in [0.25, 0.3) is 10.6 Å². The molecule has 0 radical (unpaired) electrons. The van der Waals surface area contributed by atoms with Crippen molar-refractivity contribution >= 4 is 17.7 Å². The largest absolute Gasteiger partial charge is 0.489 e. The minimum atomic E-state index is -0.653. The van der Waals surface area contributed by atoms with Crippen molar-refractivity contribution in [3.8, 4) is 16.3 Å². The van der Waals surface area contributed by atoms with Gasteiger partial charge in [0, 0.05) is 36.8 Å². The van der Waals surface area contributed by atoms with Crippen LogP contribution < -0.4 is 10.1 Å². The van der Waals surface area contributed by atoms with E-state index < -0.39 is 5.54 Å². The van der Waals surface area contributed by atoms with Gasteiger partial charge in [-0.1, -0.05) is 30.3 Å². The molecule has 0 spiro atoms. The first-order valence-electron chi connectivity index (χ1n) is 8.79. The van der Waals surface area contributed by atoms with E-state index in [1.165, 1.54) is 0 Å². The fraction of sp³-hybridized carbons (Fsp3) is 0.250. The van der Waals surface area contributed by atoms with Crippen molar-refractivity contribution in [2.75, 3.05) is 26.2 Å². The molecule has 1 N–H and O–H groups in total. The number of amides is 1. The summed E-state index contributed by atoms with van der Waals surface area (Å²) in [5.41, 5.74) is 1.26. The van der Waals surface area contributed by atoms with Crippen LogP contribution in [0.1, 0.15) is 5.69 Å². The number of nitrogens with one attached hydrogen (secondary N) is 1. The molecule has 1 aromatic carbocycles. The Morgan fingerprint density at radius 2 is 2.15 bits per heavy atom. The summed E-state index contributed by atoms with van der Waals surface area (Å²) in [7, 11) is 0. The Hall–Kier alpha value is -2.77. The van der Waals surface area contributed by atoms with Crippen LogP contribution in [0.15, 0.2) is 60.2 Å². The summed E-state index contributed by atoms with van der Waals surface area (Å²) >= 11 is 1.58. The Bertz CT molecular complexity index is 887. The molecule has 27 heavy (non-hydrogen) atoms.